The summed E-state index contributed by atoms with van der Waals surface area (Å²) in [6, 6.07) is 7.72. The van der Waals surface area contributed by atoms with Gasteiger partial charge in [0.05, 0.1) is 18.7 Å². The second-order valence-corrected chi connectivity index (χ2v) is 5.09. The van der Waals surface area contributed by atoms with Crippen molar-refractivity contribution in [1.82, 2.24) is 5.32 Å². The summed E-state index contributed by atoms with van der Waals surface area (Å²) in [6.45, 7) is 2.54. The Morgan fingerprint density at radius 1 is 1.47 bits per heavy atom. The van der Waals surface area contributed by atoms with Gasteiger partial charge in [0.15, 0.2) is 0 Å². The third-order valence-electron chi connectivity index (χ3n) is 3.43. The number of ether oxygens (including phenoxy) is 1. The van der Waals surface area contributed by atoms with Crippen LogP contribution in [0.1, 0.15) is 32.6 Å². The van der Waals surface area contributed by atoms with Crippen LogP contribution < -0.4 is 15.8 Å². The van der Waals surface area contributed by atoms with Gasteiger partial charge in [-0.3, -0.25) is 4.79 Å². The molecule has 2 rings (SSSR count). The van der Waals surface area contributed by atoms with Gasteiger partial charge in [0.1, 0.15) is 5.75 Å². The molecule has 1 saturated carbocycles. The number of nitrogens with two attached hydrogens (primary N) is 1. The van der Waals surface area contributed by atoms with E-state index in [2.05, 4.69) is 12.2 Å². The molecule has 1 aromatic carbocycles. The molecule has 2 unspecified atom stereocenters. The van der Waals surface area contributed by atoms with Crippen molar-refractivity contribution >= 4 is 11.6 Å². The number of nitrogens with one attached hydrogen (secondary N) is 1. The second kappa shape index (κ2) is 6.45. The molecule has 0 aliphatic heterocycles. The topological polar surface area (TPSA) is 64.3 Å². The minimum absolute atomic E-state index is 0.0677. The Morgan fingerprint density at radius 3 is 3.00 bits per heavy atom. The number of benzene rings is 1. The molecular weight excluding hydrogens is 240 g/mol. The van der Waals surface area contributed by atoms with Crippen molar-refractivity contribution in [3.8, 4) is 5.75 Å². The van der Waals surface area contributed by atoms with Gasteiger partial charge in [-0.25, -0.2) is 0 Å². The number of anilines is 1. The number of carbonyl (C=O) groups excluding carboxylic acids is 1. The largest absolute Gasteiger partial charge is 0.491 e. The molecule has 0 spiro atoms. The zero-order valence-corrected chi connectivity index (χ0v) is 11.4. The van der Waals surface area contributed by atoms with Crippen LogP contribution in [0, 0.1) is 5.92 Å². The summed E-state index contributed by atoms with van der Waals surface area (Å²) >= 11 is 0. The summed E-state index contributed by atoms with van der Waals surface area (Å²) in [6.07, 6.45) is 3.91. The van der Waals surface area contributed by atoms with Crippen LogP contribution in [-0.2, 0) is 4.79 Å². The molecular formula is C15H22N2O2. The van der Waals surface area contributed by atoms with E-state index in [1.807, 2.05) is 18.2 Å². The summed E-state index contributed by atoms with van der Waals surface area (Å²) < 4.78 is 5.50. The minimum atomic E-state index is 0.0677. The fraction of sp³-hybridized carbons (Fsp3) is 0.533. The van der Waals surface area contributed by atoms with Crippen molar-refractivity contribution in [2.24, 2.45) is 5.92 Å². The Bertz CT molecular complexity index is 434. The molecule has 0 bridgehead atoms. The molecule has 19 heavy (non-hydrogen) atoms. The van der Waals surface area contributed by atoms with Gasteiger partial charge in [0.25, 0.3) is 0 Å². The van der Waals surface area contributed by atoms with Crippen LogP contribution in [0.25, 0.3) is 0 Å². The van der Waals surface area contributed by atoms with E-state index in [1.54, 1.807) is 6.07 Å². The normalized spacial score (nSPS) is 20.9. The van der Waals surface area contributed by atoms with E-state index in [0.29, 0.717) is 36.4 Å². The Hall–Kier alpha value is -1.71. The standard InChI is InChI=1S/C15H22N2O2/c1-2-5-11-10-13(11)17-15(18)8-9-19-14-7-4-3-6-12(14)16/h3-4,6-7,11,13H,2,5,8-10,16H2,1H3,(H,17,18). The van der Waals surface area contributed by atoms with Crippen LogP contribution in [0.5, 0.6) is 5.75 Å². The predicted molar refractivity (Wildman–Crippen MR) is 75.9 cm³/mol. The van der Waals surface area contributed by atoms with E-state index < -0.39 is 0 Å². The van der Waals surface area contributed by atoms with E-state index in [0.717, 1.165) is 6.42 Å². The highest BCUT2D eigenvalue weighted by Crippen LogP contribution is 2.34. The fourth-order valence-corrected chi connectivity index (χ4v) is 2.26. The van der Waals surface area contributed by atoms with Gasteiger partial charge in [-0.15, -0.1) is 0 Å². The molecule has 0 saturated heterocycles. The first-order valence-corrected chi connectivity index (χ1v) is 6.97. The van der Waals surface area contributed by atoms with Crippen molar-refractivity contribution < 1.29 is 9.53 Å². The summed E-state index contributed by atoms with van der Waals surface area (Å²) in [7, 11) is 0. The summed E-state index contributed by atoms with van der Waals surface area (Å²) in [5, 5.41) is 3.04. The molecule has 1 aromatic rings. The van der Waals surface area contributed by atoms with Gasteiger partial charge in [-0.1, -0.05) is 25.5 Å². The van der Waals surface area contributed by atoms with Crippen molar-refractivity contribution in [3.05, 3.63) is 24.3 Å². The maximum absolute atomic E-state index is 11.7. The smallest absolute Gasteiger partial charge is 0.223 e. The van der Waals surface area contributed by atoms with Crippen molar-refractivity contribution in [2.45, 2.75) is 38.6 Å². The van der Waals surface area contributed by atoms with Crippen LogP contribution in [0.4, 0.5) is 5.69 Å². The van der Waals surface area contributed by atoms with Gasteiger partial charge in [0, 0.05) is 6.04 Å². The molecule has 0 heterocycles. The molecule has 3 N–H and O–H groups in total. The van der Waals surface area contributed by atoms with Gasteiger partial charge < -0.3 is 15.8 Å². The molecule has 1 aliphatic carbocycles. The number of amides is 1. The molecule has 0 aromatic heterocycles. The molecule has 1 fully saturated rings. The number of para-hydroxylation sites is 2. The van der Waals surface area contributed by atoms with Gasteiger partial charge in [-0.05, 0) is 30.9 Å². The summed E-state index contributed by atoms with van der Waals surface area (Å²) in [4.78, 5) is 11.7. The monoisotopic (exact) mass is 262 g/mol. The third-order valence-corrected chi connectivity index (χ3v) is 3.43. The quantitative estimate of drug-likeness (QED) is 0.741. The van der Waals surface area contributed by atoms with E-state index in [4.69, 9.17) is 10.5 Å². The SMILES string of the molecule is CCCC1CC1NC(=O)CCOc1ccccc1N. The van der Waals surface area contributed by atoms with Gasteiger partial charge in [-0.2, -0.15) is 0 Å². The first-order chi connectivity index (χ1) is 9.20. The van der Waals surface area contributed by atoms with Gasteiger partial charge in [0.2, 0.25) is 5.91 Å². The first-order valence-electron chi connectivity index (χ1n) is 6.97. The van der Waals surface area contributed by atoms with E-state index in [9.17, 15) is 4.79 Å². The van der Waals surface area contributed by atoms with Crippen LogP contribution in [0.3, 0.4) is 0 Å². The second-order valence-electron chi connectivity index (χ2n) is 5.09. The van der Waals surface area contributed by atoms with Crippen molar-refractivity contribution in [3.63, 3.8) is 0 Å². The maximum atomic E-state index is 11.7. The molecule has 4 heteroatoms. The highest BCUT2D eigenvalue weighted by molar-refractivity contribution is 5.76. The van der Waals surface area contributed by atoms with Crippen LogP contribution in [0.2, 0.25) is 0 Å². The number of hydrogen-bond acceptors (Lipinski definition) is 3. The van der Waals surface area contributed by atoms with Crippen molar-refractivity contribution in [1.29, 1.82) is 0 Å². The number of hydrogen-bond donors (Lipinski definition) is 2. The van der Waals surface area contributed by atoms with Crippen LogP contribution >= 0.6 is 0 Å². The lowest BCUT2D eigenvalue weighted by Crippen LogP contribution is -2.28. The number of nitrogen functional groups attached to an aromatic ring is 1. The molecule has 2 atom stereocenters. The van der Waals surface area contributed by atoms with Gasteiger partial charge >= 0.3 is 0 Å². The molecule has 4 nitrogen and oxygen atoms in total. The number of carbonyl (C=O) groups is 1. The Kier molecular flexibility index (Phi) is 4.66. The van der Waals surface area contributed by atoms with E-state index >= 15 is 0 Å². The zero-order valence-electron chi connectivity index (χ0n) is 11.4. The average molecular weight is 262 g/mol. The lowest BCUT2D eigenvalue weighted by Gasteiger charge is -2.08. The Balaban J connectivity index is 1.64. The molecule has 104 valence electrons. The van der Waals surface area contributed by atoms with E-state index in [-0.39, 0.29) is 5.91 Å². The van der Waals surface area contributed by atoms with Crippen LogP contribution in [-0.4, -0.2) is 18.6 Å². The molecule has 1 aliphatic rings. The lowest BCUT2D eigenvalue weighted by molar-refractivity contribution is -0.121. The summed E-state index contributed by atoms with van der Waals surface area (Å²) in [5.74, 6) is 1.41. The molecule has 0 radical (unpaired) electrons. The highest BCUT2D eigenvalue weighted by Gasteiger charge is 2.36. The molecule has 1 amide bonds. The maximum Gasteiger partial charge on any atom is 0.223 e. The predicted octanol–water partition coefficient (Wildman–Crippen LogP) is 2.34. The fourth-order valence-electron chi connectivity index (χ4n) is 2.26. The Labute approximate surface area is 114 Å². The zero-order chi connectivity index (χ0) is 13.7. The van der Waals surface area contributed by atoms with E-state index in [1.165, 1.54) is 12.8 Å². The van der Waals surface area contributed by atoms with Crippen molar-refractivity contribution in [2.75, 3.05) is 12.3 Å². The third kappa shape index (κ3) is 4.16. The number of rotatable bonds is 7. The average Bonchev–Trinajstić information content (AvgIpc) is 3.10. The summed E-state index contributed by atoms with van der Waals surface area (Å²) in [5.41, 5.74) is 6.36. The highest BCUT2D eigenvalue weighted by atomic mass is 16.5. The Morgan fingerprint density at radius 2 is 2.26 bits per heavy atom. The first kappa shape index (κ1) is 13.7. The lowest BCUT2D eigenvalue weighted by atomic mass is 10.2. The van der Waals surface area contributed by atoms with Crippen LogP contribution in [0.15, 0.2) is 24.3 Å². The minimum Gasteiger partial charge on any atom is -0.491 e.